The zero-order valence-corrected chi connectivity index (χ0v) is 13.1. The minimum absolute atomic E-state index is 0.295. The van der Waals surface area contributed by atoms with E-state index < -0.39 is 0 Å². The third kappa shape index (κ3) is 2.52. The Balaban J connectivity index is 2.00. The van der Waals surface area contributed by atoms with E-state index in [-0.39, 0.29) is 0 Å². The Kier molecular flexibility index (Phi) is 3.89. The molecule has 0 saturated carbocycles. The molecule has 5 heteroatoms. The van der Waals surface area contributed by atoms with Crippen LogP contribution in [0, 0.1) is 13.8 Å². The van der Waals surface area contributed by atoms with E-state index in [1.807, 2.05) is 0 Å². The molecule has 0 amide bonds. The van der Waals surface area contributed by atoms with Gasteiger partial charge in [-0.2, -0.15) is 0 Å². The number of fused-ring (bicyclic) bond motifs is 1. The van der Waals surface area contributed by atoms with Gasteiger partial charge in [0.05, 0.1) is 11.5 Å². The first-order valence-electron chi connectivity index (χ1n) is 7.31. The van der Waals surface area contributed by atoms with E-state index >= 15 is 0 Å². The fourth-order valence-corrected chi connectivity index (χ4v) is 3.74. The third-order valence-electron chi connectivity index (χ3n) is 3.85. The largest absolute Gasteiger partial charge is 0.378 e. The van der Waals surface area contributed by atoms with Crippen LogP contribution in [0.2, 0.25) is 0 Å². The zero-order valence-electron chi connectivity index (χ0n) is 12.3. The highest BCUT2D eigenvalue weighted by molar-refractivity contribution is 7.18. The molecule has 0 radical (unpaired) electrons. The van der Waals surface area contributed by atoms with Crippen LogP contribution in [0.15, 0.2) is 0 Å². The summed E-state index contributed by atoms with van der Waals surface area (Å²) in [6.07, 6.45) is 3.40. The molecule has 1 saturated heterocycles. The number of aryl methyl sites for hydroxylation is 2. The van der Waals surface area contributed by atoms with E-state index in [0.29, 0.717) is 6.10 Å². The van der Waals surface area contributed by atoms with Crippen molar-refractivity contribution in [3.8, 4) is 0 Å². The van der Waals surface area contributed by atoms with Crippen molar-refractivity contribution in [1.29, 1.82) is 0 Å². The average molecular weight is 291 g/mol. The minimum Gasteiger partial charge on any atom is -0.378 e. The molecule has 1 fully saturated rings. The summed E-state index contributed by atoms with van der Waals surface area (Å²) in [5.74, 6) is 1.88. The van der Waals surface area contributed by atoms with Crippen LogP contribution < -0.4 is 5.32 Å². The molecule has 0 aliphatic carbocycles. The maximum Gasteiger partial charge on any atom is 0.138 e. The van der Waals surface area contributed by atoms with Crippen LogP contribution in [0.4, 0.5) is 5.82 Å². The molecule has 1 N–H and O–H groups in total. The maximum atomic E-state index is 5.70. The highest BCUT2D eigenvalue weighted by Crippen LogP contribution is 2.33. The highest BCUT2D eigenvalue weighted by Gasteiger charge is 2.20. The Hall–Kier alpha value is -1.20. The van der Waals surface area contributed by atoms with Gasteiger partial charge in [0.1, 0.15) is 16.5 Å². The number of aromatic nitrogens is 2. The summed E-state index contributed by atoms with van der Waals surface area (Å²) in [5, 5.41) is 4.57. The molecular weight excluding hydrogens is 270 g/mol. The molecule has 2 aromatic rings. The standard InChI is InChI=1S/C15H21N3OS/c1-4-16-14-13-9(2)10(3)20-15(13)18-12(17-14)8-11-6-5-7-19-11/h11H,4-8H2,1-3H3,(H,16,17,18). The normalized spacial score (nSPS) is 18.9. The van der Waals surface area contributed by atoms with Gasteiger partial charge in [-0.25, -0.2) is 9.97 Å². The second kappa shape index (κ2) is 5.66. The Bertz CT molecular complexity index is 617. The van der Waals surface area contributed by atoms with Gasteiger partial charge in [-0.05, 0) is 39.2 Å². The second-order valence-corrected chi connectivity index (χ2v) is 6.52. The van der Waals surface area contributed by atoms with Gasteiger partial charge in [-0.1, -0.05) is 0 Å². The van der Waals surface area contributed by atoms with Gasteiger partial charge in [0.2, 0.25) is 0 Å². The van der Waals surface area contributed by atoms with Crippen LogP contribution in [0.1, 0.15) is 36.0 Å². The van der Waals surface area contributed by atoms with Crippen LogP contribution in [-0.4, -0.2) is 29.2 Å². The summed E-state index contributed by atoms with van der Waals surface area (Å²) in [6.45, 7) is 8.15. The molecule has 108 valence electrons. The first-order chi connectivity index (χ1) is 9.69. The smallest absolute Gasteiger partial charge is 0.138 e. The fourth-order valence-electron chi connectivity index (χ4n) is 2.69. The van der Waals surface area contributed by atoms with Gasteiger partial charge in [0.15, 0.2) is 0 Å². The molecule has 0 aromatic carbocycles. The van der Waals surface area contributed by atoms with Crippen LogP contribution in [0.25, 0.3) is 10.2 Å². The van der Waals surface area contributed by atoms with Gasteiger partial charge >= 0.3 is 0 Å². The van der Waals surface area contributed by atoms with Crippen LogP contribution in [0.3, 0.4) is 0 Å². The van der Waals surface area contributed by atoms with Gasteiger partial charge in [-0.3, -0.25) is 0 Å². The number of anilines is 1. The van der Waals surface area contributed by atoms with Crippen molar-refractivity contribution in [3.63, 3.8) is 0 Å². The SMILES string of the molecule is CCNc1nc(CC2CCCO2)nc2sc(C)c(C)c12. The monoisotopic (exact) mass is 291 g/mol. The number of nitrogens with one attached hydrogen (secondary N) is 1. The minimum atomic E-state index is 0.295. The third-order valence-corrected chi connectivity index (χ3v) is 4.95. The molecule has 1 atom stereocenters. The van der Waals surface area contributed by atoms with Crippen molar-refractivity contribution in [1.82, 2.24) is 9.97 Å². The van der Waals surface area contributed by atoms with E-state index in [1.54, 1.807) is 11.3 Å². The maximum absolute atomic E-state index is 5.70. The lowest BCUT2D eigenvalue weighted by molar-refractivity contribution is 0.110. The van der Waals surface area contributed by atoms with Crippen molar-refractivity contribution < 1.29 is 4.74 Å². The first kappa shape index (κ1) is 13.8. The van der Waals surface area contributed by atoms with E-state index in [2.05, 4.69) is 26.1 Å². The molecule has 1 aliphatic rings. The van der Waals surface area contributed by atoms with Crippen molar-refractivity contribution >= 4 is 27.4 Å². The van der Waals surface area contributed by atoms with E-state index in [9.17, 15) is 0 Å². The van der Waals surface area contributed by atoms with Gasteiger partial charge in [0, 0.05) is 24.4 Å². The van der Waals surface area contributed by atoms with Crippen molar-refractivity contribution in [3.05, 3.63) is 16.3 Å². The van der Waals surface area contributed by atoms with Gasteiger partial charge in [0.25, 0.3) is 0 Å². The summed E-state index contributed by atoms with van der Waals surface area (Å²) in [6, 6.07) is 0. The average Bonchev–Trinajstić information content (AvgIpc) is 3.00. The lowest BCUT2D eigenvalue weighted by Crippen LogP contribution is -2.13. The topological polar surface area (TPSA) is 47.0 Å². The zero-order chi connectivity index (χ0) is 14.1. The fraction of sp³-hybridized carbons (Fsp3) is 0.600. The van der Waals surface area contributed by atoms with Gasteiger partial charge < -0.3 is 10.1 Å². The summed E-state index contributed by atoms with van der Waals surface area (Å²) in [4.78, 5) is 11.9. The second-order valence-electron chi connectivity index (χ2n) is 5.32. The lowest BCUT2D eigenvalue weighted by Gasteiger charge is -2.11. The Morgan fingerprint density at radius 1 is 1.35 bits per heavy atom. The summed E-state index contributed by atoms with van der Waals surface area (Å²) in [5.41, 5.74) is 1.30. The lowest BCUT2D eigenvalue weighted by atomic mass is 10.1. The Labute approximate surface area is 123 Å². The van der Waals surface area contributed by atoms with E-state index in [1.165, 1.54) is 15.8 Å². The Morgan fingerprint density at radius 3 is 2.90 bits per heavy atom. The highest BCUT2D eigenvalue weighted by atomic mass is 32.1. The number of ether oxygens (including phenoxy) is 1. The molecular formula is C15H21N3OS. The van der Waals surface area contributed by atoms with Crippen LogP contribution in [0.5, 0.6) is 0 Å². The predicted octanol–water partition coefficient (Wildman–Crippen LogP) is 3.46. The molecule has 2 aromatic heterocycles. The molecule has 0 bridgehead atoms. The van der Waals surface area contributed by atoms with E-state index in [4.69, 9.17) is 14.7 Å². The summed E-state index contributed by atoms with van der Waals surface area (Å²) >= 11 is 1.76. The molecule has 4 nitrogen and oxygen atoms in total. The van der Waals surface area contributed by atoms with Crippen molar-refractivity contribution in [2.24, 2.45) is 0 Å². The molecule has 20 heavy (non-hydrogen) atoms. The number of hydrogen-bond donors (Lipinski definition) is 1. The van der Waals surface area contributed by atoms with Gasteiger partial charge in [-0.15, -0.1) is 11.3 Å². The van der Waals surface area contributed by atoms with Crippen molar-refractivity contribution in [2.45, 2.75) is 46.1 Å². The van der Waals surface area contributed by atoms with Crippen LogP contribution >= 0.6 is 11.3 Å². The molecule has 0 spiro atoms. The summed E-state index contributed by atoms with van der Waals surface area (Å²) in [7, 11) is 0. The molecule has 3 heterocycles. The molecule has 3 rings (SSSR count). The molecule has 1 unspecified atom stereocenters. The number of thiophene rings is 1. The van der Waals surface area contributed by atoms with Crippen LogP contribution in [-0.2, 0) is 11.2 Å². The first-order valence-corrected chi connectivity index (χ1v) is 8.12. The quantitative estimate of drug-likeness (QED) is 0.937. The Morgan fingerprint density at radius 2 is 2.20 bits per heavy atom. The predicted molar refractivity (Wildman–Crippen MR) is 83.7 cm³/mol. The number of nitrogens with zero attached hydrogens (tertiary/aromatic N) is 2. The number of rotatable bonds is 4. The molecule has 1 aliphatic heterocycles. The number of hydrogen-bond acceptors (Lipinski definition) is 5. The van der Waals surface area contributed by atoms with E-state index in [0.717, 1.165) is 48.9 Å². The summed E-state index contributed by atoms with van der Waals surface area (Å²) < 4.78 is 5.70. The van der Waals surface area contributed by atoms with Crippen molar-refractivity contribution in [2.75, 3.05) is 18.5 Å².